The summed E-state index contributed by atoms with van der Waals surface area (Å²) in [5, 5.41) is 0.176. The normalized spacial score (nSPS) is 35.7. The van der Waals surface area contributed by atoms with Crippen molar-refractivity contribution in [1.29, 1.82) is 0 Å². The van der Waals surface area contributed by atoms with E-state index in [-0.39, 0.29) is 34.2 Å². The van der Waals surface area contributed by atoms with E-state index in [9.17, 15) is 4.79 Å². The summed E-state index contributed by atoms with van der Waals surface area (Å²) in [6.07, 6.45) is 2.68. The minimum absolute atomic E-state index is 0.0262. The summed E-state index contributed by atoms with van der Waals surface area (Å²) in [6.45, 7) is 19.9. The lowest BCUT2D eigenvalue weighted by Crippen LogP contribution is -2.60. The lowest BCUT2D eigenvalue weighted by Gasteiger charge is -2.55. The molecule has 0 aromatic heterocycles. The molecule has 134 valence electrons. The van der Waals surface area contributed by atoms with Gasteiger partial charge in [0, 0.05) is 17.8 Å². The number of carbonyl (C=O) groups is 1. The van der Waals surface area contributed by atoms with Crippen molar-refractivity contribution >= 4 is 14.1 Å². The Morgan fingerprint density at radius 1 is 1.13 bits per heavy atom. The van der Waals surface area contributed by atoms with Crippen LogP contribution in [0.5, 0.6) is 0 Å². The van der Waals surface area contributed by atoms with Crippen molar-refractivity contribution in [3.05, 3.63) is 0 Å². The van der Waals surface area contributed by atoms with E-state index in [1.165, 1.54) is 0 Å². The molecule has 0 amide bonds. The monoisotopic (exact) mass is 340 g/mol. The van der Waals surface area contributed by atoms with E-state index in [1.807, 2.05) is 0 Å². The lowest BCUT2D eigenvalue weighted by atomic mass is 9.58. The molecule has 0 aromatic carbocycles. The van der Waals surface area contributed by atoms with Crippen LogP contribution in [0.25, 0.3) is 0 Å². The Bertz CT molecular complexity index is 472. The highest BCUT2D eigenvalue weighted by Gasteiger charge is 2.56. The Morgan fingerprint density at radius 2 is 1.70 bits per heavy atom. The van der Waals surface area contributed by atoms with E-state index in [2.05, 4.69) is 61.6 Å². The highest BCUT2D eigenvalue weighted by Crippen LogP contribution is 2.53. The van der Waals surface area contributed by atoms with Crippen molar-refractivity contribution in [3.8, 4) is 0 Å². The molecular weight excluding hydrogens is 304 g/mol. The highest BCUT2D eigenvalue weighted by atomic mass is 28.4. The summed E-state index contributed by atoms with van der Waals surface area (Å²) in [5.41, 5.74) is -0.240. The predicted molar refractivity (Wildman–Crippen MR) is 97.2 cm³/mol. The molecule has 0 N–H and O–H groups in total. The number of fused-ring (bicyclic) bond motifs is 3. The minimum Gasteiger partial charge on any atom is -0.413 e. The van der Waals surface area contributed by atoms with Gasteiger partial charge < -0.3 is 9.16 Å². The summed E-state index contributed by atoms with van der Waals surface area (Å²) in [6, 6.07) is 0. The van der Waals surface area contributed by atoms with Crippen LogP contribution in [0, 0.1) is 11.3 Å². The van der Waals surface area contributed by atoms with Crippen LogP contribution >= 0.6 is 0 Å². The summed E-state index contributed by atoms with van der Waals surface area (Å²) in [5.74, 6) is 0.412. The molecule has 4 atom stereocenters. The first kappa shape index (κ1) is 19.1. The van der Waals surface area contributed by atoms with Gasteiger partial charge in [0.25, 0.3) is 0 Å². The zero-order valence-corrected chi connectivity index (χ0v) is 17.6. The second-order valence-corrected chi connectivity index (χ2v) is 15.2. The van der Waals surface area contributed by atoms with Crippen LogP contribution in [0.4, 0.5) is 0 Å². The second-order valence-electron chi connectivity index (χ2n) is 10.5. The van der Waals surface area contributed by atoms with Crippen molar-refractivity contribution in [2.24, 2.45) is 11.3 Å². The summed E-state index contributed by atoms with van der Waals surface area (Å²) < 4.78 is 13.0. The summed E-state index contributed by atoms with van der Waals surface area (Å²) >= 11 is 0. The average Bonchev–Trinajstić information content (AvgIpc) is 2.26. The third-order valence-electron chi connectivity index (χ3n) is 6.10. The van der Waals surface area contributed by atoms with Gasteiger partial charge in [-0.1, -0.05) is 27.7 Å². The third-order valence-corrected chi connectivity index (χ3v) is 10.6. The van der Waals surface area contributed by atoms with Crippen LogP contribution < -0.4 is 0 Å². The molecule has 3 saturated carbocycles. The molecule has 4 heteroatoms. The van der Waals surface area contributed by atoms with Crippen molar-refractivity contribution < 1.29 is 14.0 Å². The maximum atomic E-state index is 12.6. The lowest BCUT2D eigenvalue weighted by molar-refractivity contribution is -0.188. The van der Waals surface area contributed by atoms with Gasteiger partial charge in [-0.2, -0.15) is 0 Å². The zero-order chi connectivity index (χ0) is 17.8. The maximum Gasteiger partial charge on any atom is 0.192 e. The number of carbonyl (C=O) groups excluding carboxylic acids is 1. The van der Waals surface area contributed by atoms with Gasteiger partial charge in [-0.05, 0) is 51.7 Å². The van der Waals surface area contributed by atoms with Gasteiger partial charge in [-0.25, -0.2) is 0 Å². The van der Waals surface area contributed by atoms with Gasteiger partial charge in [0.2, 0.25) is 0 Å². The number of ketones is 1. The van der Waals surface area contributed by atoms with Crippen LogP contribution in [-0.2, 0) is 14.0 Å². The van der Waals surface area contributed by atoms with Crippen LogP contribution in [0.2, 0.25) is 18.1 Å². The predicted octanol–water partition coefficient (Wildman–Crippen LogP) is 4.95. The first-order valence-electron chi connectivity index (χ1n) is 9.03. The quantitative estimate of drug-likeness (QED) is 0.682. The Kier molecular flexibility index (Phi) is 4.72. The minimum atomic E-state index is -1.85. The topological polar surface area (TPSA) is 35.5 Å². The van der Waals surface area contributed by atoms with E-state index >= 15 is 0 Å². The number of hydrogen-bond donors (Lipinski definition) is 0. The number of hydrogen-bond acceptors (Lipinski definition) is 3. The fourth-order valence-electron chi connectivity index (χ4n) is 3.75. The highest BCUT2D eigenvalue weighted by molar-refractivity contribution is 6.74. The summed E-state index contributed by atoms with van der Waals surface area (Å²) in [7, 11) is -1.85. The smallest absolute Gasteiger partial charge is 0.192 e. The van der Waals surface area contributed by atoms with Gasteiger partial charge in [0.05, 0.1) is 17.8 Å². The van der Waals surface area contributed by atoms with Gasteiger partial charge in [0.1, 0.15) is 5.78 Å². The molecule has 2 bridgehead atoms. The molecule has 3 aliphatic carbocycles. The average molecular weight is 341 g/mol. The van der Waals surface area contributed by atoms with Crippen LogP contribution in [0.1, 0.15) is 67.7 Å². The van der Waals surface area contributed by atoms with E-state index in [0.717, 1.165) is 12.8 Å². The van der Waals surface area contributed by atoms with Gasteiger partial charge in [0.15, 0.2) is 8.32 Å². The number of Topliss-reactive ketones (excluding diaryl/α,β-unsaturated/α-hetero) is 1. The molecule has 0 unspecified atom stereocenters. The molecule has 0 aliphatic heterocycles. The van der Waals surface area contributed by atoms with Crippen LogP contribution in [-0.4, -0.2) is 31.9 Å². The Hall–Kier alpha value is -0.193. The van der Waals surface area contributed by atoms with E-state index < -0.39 is 8.32 Å². The van der Waals surface area contributed by atoms with E-state index in [0.29, 0.717) is 12.2 Å². The van der Waals surface area contributed by atoms with Gasteiger partial charge >= 0.3 is 0 Å². The molecule has 3 fully saturated rings. The van der Waals surface area contributed by atoms with Crippen molar-refractivity contribution in [1.82, 2.24) is 0 Å². The largest absolute Gasteiger partial charge is 0.413 e. The van der Waals surface area contributed by atoms with Gasteiger partial charge in [-0.15, -0.1) is 0 Å². The number of rotatable bonds is 3. The van der Waals surface area contributed by atoms with Crippen molar-refractivity contribution in [2.45, 2.75) is 104 Å². The Labute approximate surface area is 143 Å². The molecular formula is C19H36O3Si. The van der Waals surface area contributed by atoms with Gasteiger partial charge in [-0.3, -0.25) is 4.79 Å². The Balaban J connectivity index is 2.18. The van der Waals surface area contributed by atoms with Crippen LogP contribution in [0.3, 0.4) is 0 Å². The van der Waals surface area contributed by atoms with E-state index in [4.69, 9.17) is 9.16 Å². The molecule has 0 heterocycles. The third kappa shape index (κ3) is 3.90. The van der Waals surface area contributed by atoms with E-state index in [1.54, 1.807) is 0 Å². The molecule has 0 aromatic rings. The molecule has 0 spiro atoms. The second kappa shape index (κ2) is 5.67. The Morgan fingerprint density at radius 3 is 2.13 bits per heavy atom. The molecule has 3 aliphatic rings. The molecule has 23 heavy (non-hydrogen) atoms. The first-order valence-corrected chi connectivity index (χ1v) is 11.9. The molecule has 0 radical (unpaired) electrons. The zero-order valence-electron chi connectivity index (χ0n) is 16.6. The molecule has 0 saturated heterocycles. The van der Waals surface area contributed by atoms with Crippen molar-refractivity contribution in [2.75, 3.05) is 0 Å². The SMILES string of the molecule is CC(C)(C)O[C@H]1C[C@@H]2C(=O)C[C@]1(C)C[C@H]2O[Si](C)(C)C(C)(C)C. The maximum absolute atomic E-state index is 12.6. The fourth-order valence-corrected chi connectivity index (χ4v) is 5.11. The van der Waals surface area contributed by atoms with Crippen LogP contribution in [0.15, 0.2) is 0 Å². The van der Waals surface area contributed by atoms with Crippen molar-refractivity contribution in [3.63, 3.8) is 0 Å². The first-order chi connectivity index (χ1) is 10.1. The number of ether oxygens (including phenoxy) is 1. The fraction of sp³-hybridized carbons (Fsp3) is 0.947. The summed E-state index contributed by atoms with van der Waals surface area (Å²) in [4.78, 5) is 12.6. The molecule has 3 rings (SSSR count). The standard InChI is InChI=1S/C19H36O3Si/c1-17(2,3)21-16-10-13-14(20)11-19(16,7)12-15(13)22-23(8,9)18(4,5)6/h13,15-16H,10-12H2,1-9H3/t13-,15-,16+,19-/m1/s1. The molecule has 3 nitrogen and oxygen atoms in total.